The number of H-pyrrole nitrogens is 2. The Morgan fingerprint density at radius 3 is 1.28 bits per heavy atom. The Morgan fingerprint density at radius 2 is 1.17 bits per heavy atom. The van der Waals surface area contributed by atoms with E-state index in [9.17, 15) is 0 Å². The van der Waals surface area contributed by atoms with Crippen LogP contribution in [0, 0.1) is 11.8 Å². The molecule has 3 nitrogen and oxygen atoms in total. The third kappa shape index (κ3) is 36.6. The summed E-state index contributed by atoms with van der Waals surface area (Å²) in [6.45, 7) is 13.0. The van der Waals surface area contributed by atoms with E-state index in [0.29, 0.717) is 0 Å². The summed E-state index contributed by atoms with van der Waals surface area (Å²) in [5.74, 6) is 1.67. The predicted octanol–water partition coefficient (Wildman–Crippen LogP) is 4.75. The van der Waals surface area contributed by atoms with E-state index < -0.39 is 0 Å². The molecule has 0 amide bonds. The van der Waals surface area contributed by atoms with Gasteiger partial charge in [-0.1, -0.05) is 41.5 Å². The van der Waals surface area contributed by atoms with Crippen molar-refractivity contribution in [3.05, 3.63) is 43.0 Å². The fraction of sp³-hybridized carbons (Fsp3) is 0.533. The maximum absolute atomic E-state index is 3.60. The highest BCUT2D eigenvalue weighted by atomic mass is 15.1. The van der Waals surface area contributed by atoms with Crippen LogP contribution in [0.25, 0.3) is 0 Å². The van der Waals surface area contributed by atoms with E-state index in [2.05, 4.69) is 56.7 Å². The summed E-state index contributed by atoms with van der Waals surface area (Å²) in [5, 5.41) is 6.21. The molecule has 0 spiro atoms. The lowest BCUT2D eigenvalue weighted by molar-refractivity contribution is 0.736. The van der Waals surface area contributed by atoms with Crippen molar-refractivity contribution in [3.63, 3.8) is 0 Å². The van der Waals surface area contributed by atoms with Crippen molar-refractivity contribution >= 4 is 0 Å². The first-order valence-corrected chi connectivity index (χ1v) is 6.48. The molecule has 0 bridgehead atoms. The van der Waals surface area contributed by atoms with Gasteiger partial charge in [-0.05, 0) is 30.0 Å². The third-order valence-corrected chi connectivity index (χ3v) is 0.902. The minimum absolute atomic E-state index is 0.833. The van der Waals surface area contributed by atoms with Gasteiger partial charge in [-0.3, -0.25) is 5.10 Å². The fourth-order valence-electron chi connectivity index (χ4n) is 0.493. The van der Waals surface area contributed by atoms with E-state index in [1.807, 2.05) is 30.6 Å². The molecule has 0 saturated heterocycles. The Balaban J connectivity index is 0. The number of hydrogen-bond donors (Lipinski definition) is 2. The molecule has 0 aromatic carbocycles. The van der Waals surface area contributed by atoms with Gasteiger partial charge >= 0.3 is 0 Å². The van der Waals surface area contributed by atoms with Crippen molar-refractivity contribution in [2.45, 2.75) is 41.5 Å². The van der Waals surface area contributed by atoms with Crippen LogP contribution in [0.15, 0.2) is 43.0 Å². The number of nitrogens with zero attached hydrogens (tertiary/aromatic N) is 1. The summed E-state index contributed by atoms with van der Waals surface area (Å²) in [5.41, 5.74) is 0. The highest BCUT2D eigenvalue weighted by Gasteiger charge is 1.68. The van der Waals surface area contributed by atoms with Crippen LogP contribution >= 0.6 is 0 Å². The molecular weight excluding hydrogens is 222 g/mol. The van der Waals surface area contributed by atoms with Crippen LogP contribution in [0.2, 0.25) is 0 Å². The zero-order chi connectivity index (χ0) is 14.2. The summed E-state index contributed by atoms with van der Waals surface area (Å²) in [6, 6.07) is 5.72. The van der Waals surface area contributed by atoms with E-state index in [4.69, 9.17) is 0 Å². The molecule has 0 saturated carbocycles. The number of hydrogen-bond acceptors (Lipinski definition) is 1. The van der Waals surface area contributed by atoms with Gasteiger partial charge < -0.3 is 4.98 Å². The molecule has 0 fully saturated rings. The quantitative estimate of drug-likeness (QED) is 0.697. The number of aromatic amines is 2. The average Bonchev–Trinajstić information content (AvgIpc) is 2.96. The lowest BCUT2D eigenvalue weighted by Crippen LogP contribution is -1.66. The van der Waals surface area contributed by atoms with Crippen LogP contribution in [0.4, 0.5) is 0 Å². The second kappa shape index (κ2) is 15.5. The monoisotopic (exact) mass is 251 g/mol. The summed E-state index contributed by atoms with van der Waals surface area (Å²) >= 11 is 0. The summed E-state index contributed by atoms with van der Waals surface area (Å²) in [7, 11) is 0. The molecular formula is C15H29N3. The molecule has 2 aromatic rings. The maximum atomic E-state index is 3.60. The van der Waals surface area contributed by atoms with Crippen LogP contribution in [0.1, 0.15) is 41.5 Å². The standard InChI is InChI=1S/C4H5N.2C4H10.C3H4N2/c1-2-4-5-3-1;2*1-4(2)3;1-2-4-5-3-1/h1-5H;2*4H,1-3H3;1-3H,(H,4,5). The first-order chi connectivity index (χ1) is 8.46. The smallest absolute Gasteiger partial charge is 0.0487 e. The average molecular weight is 251 g/mol. The van der Waals surface area contributed by atoms with Crippen LogP contribution < -0.4 is 0 Å². The molecule has 0 aliphatic heterocycles. The van der Waals surface area contributed by atoms with E-state index in [1.54, 1.807) is 12.4 Å². The van der Waals surface area contributed by atoms with Gasteiger partial charge in [0.15, 0.2) is 0 Å². The van der Waals surface area contributed by atoms with Crippen LogP contribution in [0.5, 0.6) is 0 Å². The Morgan fingerprint density at radius 1 is 0.722 bits per heavy atom. The van der Waals surface area contributed by atoms with Gasteiger partial charge in [0, 0.05) is 24.8 Å². The van der Waals surface area contributed by atoms with Gasteiger partial charge in [0.05, 0.1) is 0 Å². The minimum atomic E-state index is 0.833. The van der Waals surface area contributed by atoms with Crippen molar-refractivity contribution in [2.24, 2.45) is 11.8 Å². The molecule has 104 valence electrons. The van der Waals surface area contributed by atoms with Gasteiger partial charge in [0.2, 0.25) is 0 Å². The lowest BCUT2D eigenvalue weighted by atomic mass is 10.3. The molecule has 2 rings (SSSR count). The van der Waals surface area contributed by atoms with Gasteiger partial charge in [0.1, 0.15) is 0 Å². The normalized spacial score (nSPS) is 8.44. The van der Waals surface area contributed by atoms with Gasteiger partial charge in [-0.25, -0.2) is 0 Å². The Labute approximate surface area is 112 Å². The van der Waals surface area contributed by atoms with Crippen LogP contribution in [-0.4, -0.2) is 15.2 Å². The third-order valence-electron chi connectivity index (χ3n) is 0.902. The van der Waals surface area contributed by atoms with Crippen LogP contribution in [-0.2, 0) is 0 Å². The van der Waals surface area contributed by atoms with E-state index in [0.717, 1.165) is 11.8 Å². The number of nitrogens with one attached hydrogen (secondary N) is 2. The fourth-order valence-corrected chi connectivity index (χ4v) is 0.493. The molecule has 0 aliphatic carbocycles. The molecule has 2 heterocycles. The molecule has 0 unspecified atom stereocenters. The summed E-state index contributed by atoms with van der Waals surface area (Å²) in [6.07, 6.45) is 7.21. The molecule has 0 radical (unpaired) electrons. The topological polar surface area (TPSA) is 44.5 Å². The number of aromatic nitrogens is 3. The van der Waals surface area contributed by atoms with Crippen LogP contribution in [0.3, 0.4) is 0 Å². The highest BCUT2D eigenvalue weighted by Crippen LogP contribution is 1.81. The van der Waals surface area contributed by atoms with Crippen molar-refractivity contribution in [1.82, 2.24) is 15.2 Å². The predicted molar refractivity (Wildman–Crippen MR) is 80.4 cm³/mol. The molecule has 3 heteroatoms. The van der Waals surface area contributed by atoms with Crippen molar-refractivity contribution in [3.8, 4) is 0 Å². The molecule has 0 aliphatic rings. The SMILES string of the molecule is CC(C)C.CC(C)C.c1cc[nH]c1.c1cn[nH]c1. The lowest BCUT2D eigenvalue weighted by Gasteiger charge is -1.79. The first-order valence-electron chi connectivity index (χ1n) is 6.48. The first kappa shape index (κ1) is 18.8. The number of rotatable bonds is 0. The Kier molecular flexibility index (Phi) is 16.2. The summed E-state index contributed by atoms with van der Waals surface area (Å²) in [4.78, 5) is 2.86. The van der Waals surface area contributed by atoms with Crippen molar-refractivity contribution < 1.29 is 0 Å². The van der Waals surface area contributed by atoms with Crippen molar-refractivity contribution in [2.75, 3.05) is 0 Å². The zero-order valence-electron chi connectivity index (χ0n) is 12.6. The highest BCUT2D eigenvalue weighted by molar-refractivity contribution is 4.84. The van der Waals surface area contributed by atoms with E-state index in [-0.39, 0.29) is 0 Å². The Hall–Kier alpha value is -1.51. The van der Waals surface area contributed by atoms with E-state index >= 15 is 0 Å². The van der Waals surface area contributed by atoms with Gasteiger partial charge in [-0.15, -0.1) is 0 Å². The second-order valence-electron chi connectivity index (χ2n) is 5.12. The second-order valence-corrected chi connectivity index (χ2v) is 5.12. The minimum Gasteiger partial charge on any atom is -0.368 e. The maximum Gasteiger partial charge on any atom is 0.0487 e. The van der Waals surface area contributed by atoms with Crippen molar-refractivity contribution in [1.29, 1.82) is 0 Å². The largest absolute Gasteiger partial charge is 0.368 e. The summed E-state index contributed by atoms with van der Waals surface area (Å²) < 4.78 is 0. The molecule has 2 N–H and O–H groups in total. The van der Waals surface area contributed by atoms with Gasteiger partial charge in [-0.2, -0.15) is 5.10 Å². The molecule has 0 atom stereocenters. The molecule has 18 heavy (non-hydrogen) atoms. The molecule has 2 aromatic heterocycles. The van der Waals surface area contributed by atoms with E-state index in [1.165, 1.54) is 0 Å². The zero-order valence-corrected chi connectivity index (χ0v) is 12.6. The Bertz CT molecular complexity index is 211. The van der Waals surface area contributed by atoms with Gasteiger partial charge in [0.25, 0.3) is 0 Å².